The number of anilines is 1. The van der Waals surface area contributed by atoms with Gasteiger partial charge in [0.25, 0.3) is 5.91 Å². The minimum atomic E-state index is -3.94. The number of rotatable bonds is 6. The fourth-order valence-corrected chi connectivity index (χ4v) is 3.87. The van der Waals surface area contributed by atoms with Crippen molar-refractivity contribution in [1.82, 2.24) is 4.31 Å². The summed E-state index contributed by atoms with van der Waals surface area (Å²) in [5.41, 5.74) is 0.293. The zero-order chi connectivity index (χ0) is 21.0. The number of carbonyl (C=O) groups excluding carboxylic acids is 1. The molecule has 0 unspecified atom stereocenters. The summed E-state index contributed by atoms with van der Waals surface area (Å²) < 4.78 is 54.7. The van der Waals surface area contributed by atoms with Gasteiger partial charge in [0.1, 0.15) is 11.6 Å². The van der Waals surface area contributed by atoms with Crippen molar-refractivity contribution in [2.75, 3.05) is 12.4 Å². The van der Waals surface area contributed by atoms with E-state index in [1.807, 2.05) is 6.07 Å². The molecule has 0 aliphatic carbocycles. The van der Waals surface area contributed by atoms with E-state index in [0.717, 1.165) is 28.1 Å². The van der Waals surface area contributed by atoms with Gasteiger partial charge in [-0.05, 0) is 35.9 Å². The molecule has 1 amide bonds. The van der Waals surface area contributed by atoms with E-state index in [4.69, 9.17) is 0 Å². The Labute approximate surface area is 167 Å². The van der Waals surface area contributed by atoms with Crippen LogP contribution in [-0.2, 0) is 16.6 Å². The third-order valence-electron chi connectivity index (χ3n) is 4.26. The van der Waals surface area contributed by atoms with Crippen LogP contribution >= 0.6 is 0 Å². The summed E-state index contributed by atoms with van der Waals surface area (Å²) in [6.07, 6.45) is 0. The van der Waals surface area contributed by atoms with Gasteiger partial charge in [0.15, 0.2) is 0 Å². The number of carbonyl (C=O) groups is 1. The Balaban J connectivity index is 1.79. The summed E-state index contributed by atoms with van der Waals surface area (Å²) in [6.45, 7) is 0.122. The van der Waals surface area contributed by atoms with Gasteiger partial charge >= 0.3 is 0 Å². The van der Waals surface area contributed by atoms with E-state index >= 15 is 0 Å². The highest BCUT2D eigenvalue weighted by Gasteiger charge is 2.23. The number of nitrogens with zero attached hydrogens (tertiary/aromatic N) is 1. The number of benzene rings is 3. The second kappa shape index (κ2) is 8.50. The summed E-state index contributed by atoms with van der Waals surface area (Å²) in [5, 5.41) is 2.25. The highest BCUT2D eigenvalue weighted by molar-refractivity contribution is 7.89. The highest BCUT2D eigenvalue weighted by atomic mass is 32.2. The first kappa shape index (κ1) is 20.6. The lowest BCUT2D eigenvalue weighted by Gasteiger charge is -2.18. The zero-order valence-corrected chi connectivity index (χ0v) is 16.3. The van der Waals surface area contributed by atoms with Crippen molar-refractivity contribution in [3.8, 4) is 0 Å². The van der Waals surface area contributed by atoms with Crippen LogP contribution in [0.2, 0.25) is 0 Å². The number of sulfonamides is 1. The molecule has 0 bridgehead atoms. The summed E-state index contributed by atoms with van der Waals surface area (Å²) in [4.78, 5) is 11.9. The van der Waals surface area contributed by atoms with E-state index in [1.165, 1.54) is 31.3 Å². The van der Waals surface area contributed by atoms with Crippen LogP contribution in [0.5, 0.6) is 0 Å². The smallest absolute Gasteiger partial charge is 0.258 e. The van der Waals surface area contributed by atoms with Gasteiger partial charge in [-0.1, -0.05) is 42.5 Å². The maximum Gasteiger partial charge on any atom is 0.258 e. The maximum atomic E-state index is 14.5. The second-order valence-corrected chi connectivity index (χ2v) is 8.37. The van der Waals surface area contributed by atoms with Crippen molar-refractivity contribution >= 4 is 21.6 Å². The number of halogens is 2. The number of hydrogen-bond acceptors (Lipinski definition) is 3. The van der Waals surface area contributed by atoms with Crippen LogP contribution in [0.15, 0.2) is 77.7 Å². The SMILES string of the molecule is CN(Cc1ccccc1)S(=O)(=O)c1ccc(NC(=O)c2ccccc2F)c(F)c1. The van der Waals surface area contributed by atoms with E-state index in [1.54, 1.807) is 24.3 Å². The third kappa shape index (κ3) is 4.67. The molecule has 3 aromatic carbocycles. The second-order valence-electron chi connectivity index (χ2n) is 6.32. The summed E-state index contributed by atoms with van der Waals surface area (Å²) in [6, 6.07) is 17.4. The molecule has 29 heavy (non-hydrogen) atoms. The molecule has 8 heteroatoms. The Morgan fingerprint density at radius 3 is 2.24 bits per heavy atom. The van der Waals surface area contributed by atoms with Crippen LogP contribution in [0, 0.1) is 11.6 Å². The lowest BCUT2D eigenvalue weighted by atomic mass is 10.2. The van der Waals surface area contributed by atoms with Crippen molar-refractivity contribution in [1.29, 1.82) is 0 Å². The van der Waals surface area contributed by atoms with Crippen LogP contribution in [0.25, 0.3) is 0 Å². The minimum Gasteiger partial charge on any atom is -0.319 e. The molecule has 0 aliphatic rings. The van der Waals surface area contributed by atoms with E-state index in [2.05, 4.69) is 5.32 Å². The van der Waals surface area contributed by atoms with Crippen molar-refractivity contribution in [3.05, 3.63) is 95.6 Å². The van der Waals surface area contributed by atoms with Gasteiger partial charge in [-0.2, -0.15) is 4.31 Å². The quantitative estimate of drug-likeness (QED) is 0.660. The van der Waals surface area contributed by atoms with Crippen LogP contribution in [0.3, 0.4) is 0 Å². The number of hydrogen-bond donors (Lipinski definition) is 1. The Bertz CT molecular complexity index is 1140. The first-order chi connectivity index (χ1) is 13.8. The molecule has 3 aromatic rings. The molecule has 0 aliphatic heterocycles. The monoisotopic (exact) mass is 416 g/mol. The molecular formula is C21H18F2N2O3S. The highest BCUT2D eigenvalue weighted by Crippen LogP contribution is 2.23. The molecular weight excluding hydrogens is 398 g/mol. The van der Waals surface area contributed by atoms with Crippen LogP contribution in [-0.4, -0.2) is 25.7 Å². The van der Waals surface area contributed by atoms with E-state index < -0.39 is 27.6 Å². The first-order valence-electron chi connectivity index (χ1n) is 8.65. The van der Waals surface area contributed by atoms with Crippen LogP contribution in [0.1, 0.15) is 15.9 Å². The Kier molecular flexibility index (Phi) is 6.05. The van der Waals surface area contributed by atoms with Gasteiger partial charge in [0.05, 0.1) is 16.1 Å². The van der Waals surface area contributed by atoms with Crippen molar-refractivity contribution in [2.24, 2.45) is 0 Å². The van der Waals surface area contributed by atoms with Gasteiger partial charge in [-0.15, -0.1) is 0 Å². The summed E-state index contributed by atoms with van der Waals surface area (Å²) >= 11 is 0. The fourth-order valence-electron chi connectivity index (χ4n) is 2.70. The molecule has 0 radical (unpaired) electrons. The molecule has 0 spiro atoms. The normalized spacial score (nSPS) is 11.4. The molecule has 3 rings (SSSR count). The van der Waals surface area contributed by atoms with Gasteiger partial charge in [-0.3, -0.25) is 4.79 Å². The first-order valence-corrected chi connectivity index (χ1v) is 10.1. The fraction of sp³-hybridized carbons (Fsp3) is 0.0952. The van der Waals surface area contributed by atoms with Gasteiger partial charge in [-0.25, -0.2) is 17.2 Å². The molecule has 1 N–H and O–H groups in total. The van der Waals surface area contributed by atoms with Gasteiger partial charge in [0.2, 0.25) is 10.0 Å². The Morgan fingerprint density at radius 1 is 0.931 bits per heavy atom. The van der Waals surface area contributed by atoms with Gasteiger partial charge in [0, 0.05) is 13.6 Å². The lowest BCUT2D eigenvalue weighted by Crippen LogP contribution is -2.26. The van der Waals surface area contributed by atoms with Crippen LogP contribution in [0.4, 0.5) is 14.5 Å². The predicted octanol–water partition coefficient (Wildman–Crippen LogP) is 4.04. The predicted molar refractivity (Wildman–Crippen MR) is 106 cm³/mol. The van der Waals surface area contributed by atoms with E-state index in [-0.39, 0.29) is 22.7 Å². The average molecular weight is 416 g/mol. The molecule has 0 fully saturated rings. The minimum absolute atomic E-state index is 0.122. The molecule has 0 saturated carbocycles. The molecule has 5 nitrogen and oxygen atoms in total. The Hall–Kier alpha value is -3.10. The molecule has 150 valence electrons. The van der Waals surface area contributed by atoms with Crippen LogP contribution < -0.4 is 5.32 Å². The largest absolute Gasteiger partial charge is 0.319 e. The van der Waals surface area contributed by atoms with Crippen molar-refractivity contribution in [3.63, 3.8) is 0 Å². The van der Waals surface area contributed by atoms with E-state index in [0.29, 0.717) is 0 Å². The summed E-state index contributed by atoms with van der Waals surface area (Å²) in [5.74, 6) is -2.52. The maximum absolute atomic E-state index is 14.5. The Morgan fingerprint density at radius 2 is 1.59 bits per heavy atom. The lowest BCUT2D eigenvalue weighted by molar-refractivity contribution is 0.102. The van der Waals surface area contributed by atoms with Crippen molar-refractivity contribution in [2.45, 2.75) is 11.4 Å². The third-order valence-corrected chi connectivity index (χ3v) is 6.06. The number of amides is 1. The zero-order valence-electron chi connectivity index (χ0n) is 15.5. The topological polar surface area (TPSA) is 66.5 Å². The number of nitrogens with one attached hydrogen (secondary N) is 1. The standard InChI is InChI=1S/C21H18F2N2O3S/c1-25(14-15-7-3-2-4-8-15)29(27,28)16-11-12-20(19(23)13-16)24-21(26)17-9-5-6-10-18(17)22/h2-13H,14H2,1H3,(H,24,26). The summed E-state index contributed by atoms with van der Waals surface area (Å²) in [7, 11) is -2.55. The molecule has 0 heterocycles. The van der Waals surface area contributed by atoms with Gasteiger partial charge < -0.3 is 5.32 Å². The molecule has 0 atom stereocenters. The average Bonchev–Trinajstić information content (AvgIpc) is 2.70. The molecule has 0 aromatic heterocycles. The van der Waals surface area contributed by atoms with Crippen molar-refractivity contribution < 1.29 is 22.0 Å². The van der Waals surface area contributed by atoms with E-state index in [9.17, 15) is 22.0 Å². The molecule has 0 saturated heterocycles.